The molecule has 3 heterocycles. The fourth-order valence-electron chi connectivity index (χ4n) is 4.98. The number of carbonyl (C=O) groups excluding carboxylic acids is 1. The molecule has 12 N–H and O–H groups in total. The Morgan fingerprint density at radius 2 is 1.93 bits per heavy atom. The van der Waals surface area contributed by atoms with Gasteiger partial charge in [0.25, 0.3) is 0 Å². The number of aliphatic hydroxyl groups is 7. The minimum absolute atomic E-state index is 0.0142. The van der Waals surface area contributed by atoms with Crippen LogP contribution in [0.25, 0.3) is 0 Å². The van der Waals surface area contributed by atoms with E-state index in [-0.39, 0.29) is 42.5 Å². The first-order chi connectivity index (χ1) is 21.2. The number of nitrogens with two attached hydrogens (primary N) is 1. The molecule has 0 aromatic heterocycles. The molecule has 0 radical (unpaired) electrons. The third kappa shape index (κ3) is 7.25. The second kappa shape index (κ2) is 14.6. The number of aliphatic hydroxyl groups excluding tert-OH is 4. The smallest absolute Gasteiger partial charge is 0.340 e. The average Bonchev–Trinajstić information content (AvgIpc) is 3.01. The normalized spacial score (nSPS) is 33.6. The zero-order valence-corrected chi connectivity index (χ0v) is 24.4. The van der Waals surface area contributed by atoms with Crippen molar-refractivity contribution in [3.05, 3.63) is 59.7 Å². The number of carboxylic acid groups (broad SMARTS) is 1. The predicted octanol–water partition coefficient (Wildman–Crippen LogP) is -5.73. The van der Waals surface area contributed by atoms with Gasteiger partial charge in [0, 0.05) is 7.05 Å². The maximum Gasteiger partial charge on any atom is 0.340 e. The second-order valence-electron chi connectivity index (χ2n) is 10.3. The van der Waals surface area contributed by atoms with E-state index in [1.165, 1.54) is 13.1 Å². The Hall–Kier alpha value is -3.69. The van der Waals surface area contributed by atoms with Gasteiger partial charge in [0.05, 0.1) is 37.5 Å². The molecule has 1 saturated heterocycles. The molecule has 8 atom stereocenters. The summed E-state index contributed by atoms with van der Waals surface area (Å²) < 4.78 is 21.2. The maximum atomic E-state index is 12.8. The summed E-state index contributed by atoms with van der Waals surface area (Å²) >= 11 is 0. The molecule has 18 heteroatoms. The average molecular weight is 644 g/mol. The van der Waals surface area contributed by atoms with Gasteiger partial charge >= 0.3 is 11.9 Å². The van der Waals surface area contributed by atoms with E-state index in [0.29, 0.717) is 4.90 Å². The molecule has 0 spiro atoms. The molecule has 18 nitrogen and oxygen atoms in total. The lowest BCUT2D eigenvalue weighted by Crippen LogP contribution is -3.09. The number of quaternary nitrogens is 1. The lowest BCUT2D eigenvalue weighted by Gasteiger charge is -2.47. The largest absolute Gasteiger partial charge is 0.478 e. The first-order valence-electron chi connectivity index (χ1n) is 13.5. The van der Waals surface area contributed by atoms with Gasteiger partial charge in [0.2, 0.25) is 12.1 Å². The Morgan fingerprint density at radius 3 is 2.49 bits per heavy atom. The van der Waals surface area contributed by atoms with Gasteiger partial charge in [0.1, 0.15) is 54.5 Å². The van der Waals surface area contributed by atoms with Gasteiger partial charge in [-0.05, 0) is 12.2 Å². The van der Waals surface area contributed by atoms with Crippen LogP contribution in [-0.2, 0) is 28.5 Å². The molecular formula is C27H39N4O14+. The summed E-state index contributed by atoms with van der Waals surface area (Å²) in [5.74, 6) is -7.08. The number of hydrogen-bond acceptors (Lipinski definition) is 14. The van der Waals surface area contributed by atoms with Crippen molar-refractivity contribution >= 4 is 17.9 Å². The summed E-state index contributed by atoms with van der Waals surface area (Å²) in [6.45, 7) is 2.57. The van der Waals surface area contributed by atoms with Gasteiger partial charge in [-0.2, -0.15) is 0 Å². The van der Waals surface area contributed by atoms with E-state index in [2.05, 4.69) is 16.9 Å². The number of aliphatic carboxylic acids is 1. The van der Waals surface area contributed by atoms with Crippen LogP contribution in [0.3, 0.4) is 0 Å². The molecule has 0 bridgehead atoms. The van der Waals surface area contributed by atoms with Crippen LogP contribution < -0.4 is 16.0 Å². The quantitative estimate of drug-likeness (QED) is 0.0329. The van der Waals surface area contributed by atoms with Crippen molar-refractivity contribution in [3.63, 3.8) is 0 Å². The van der Waals surface area contributed by atoms with Gasteiger partial charge in [-0.3, -0.25) is 4.99 Å². The number of aliphatic imine (C=N–C) groups is 1. The lowest BCUT2D eigenvalue weighted by atomic mass is 9.78. The minimum atomic E-state index is -3.19. The highest BCUT2D eigenvalue weighted by Gasteiger charge is 2.57. The van der Waals surface area contributed by atoms with E-state index in [1.54, 1.807) is 6.20 Å². The molecular weight excluding hydrogens is 604 g/mol. The van der Waals surface area contributed by atoms with Crippen LogP contribution in [0.4, 0.5) is 0 Å². The molecule has 3 rings (SSSR count). The lowest BCUT2D eigenvalue weighted by molar-refractivity contribution is -0.843. The SMILES string of the molecule is C=CC1C(OC2OC(CO)C(O)C(O)(O)C2O)OC=C(C(=O)OC)C1(O)C=CC1=C[NH+](CCO)CC(C(=O)O)=C1NC(N)=NC. The Bertz CT molecular complexity index is 1290. The van der Waals surface area contributed by atoms with E-state index in [0.717, 1.165) is 25.5 Å². The summed E-state index contributed by atoms with van der Waals surface area (Å²) in [6, 6.07) is 0. The highest BCUT2D eigenvalue weighted by Crippen LogP contribution is 2.40. The molecule has 0 saturated carbocycles. The van der Waals surface area contributed by atoms with Crippen molar-refractivity contribution in [3.8, 4) is 0 Å². The van der Waals surface area contributed by atoms with Crippen LogP contribution in [-0.4, -0.2) is 141 Å². The molecule has 1 fully saturated rings. The molecule has 8 unspecified atom stereocenters. The first kappa shape index (κ1) is 35.8. The van der Waals surface area contributed by atoms with Crippen molar-refractivity contribution < 1.29 is 74.3 Å². The van der Waals surface area contributed by atoms with Gasteiger partial charge in [0.15, 0.2) is 18.4 Å². The minimum Gasteiger partial charge on any atom is -0.478 e. The number of nitrogens with one attached hydrogen (secondary N) is 2. The molecule has 0 aliphatic carbocycles. The fraction of sp³-hybridized carbons (Fsp3) is 0.519. The number of allylic oxidation sites excluding steroid dienone is 1. The summed E-state index contributed by atoms with van der Waals surface area (Å²) in [4.78, 5) is 29.3. The topological polar surface area (TPSA) is 288 Å². The van der Waals surface area contributed by atoms with Crippen molar-refractivity contribution in [2.75, 3.05) is 40.5 Å². The highest BCUT2D eigenvalue weighted by atomic mass is 16.8. The fourth-order valence-corrected chi connectivity index (χ4v) is 4.98. The third-order valence-corrected chi connectivity index (χ3v) is 7.51. The second-order valence-corrected chi connectivity index (χ2v) is 10.3. The number of esters is 1. The van der Waals surface area contributed by atoms with Crippen LogP contribution in [0.15, 0.2) is 64.7 Å². The van der Waals surface area contributed by atoms with Gasteiger partial charge in [-0.15, -0.1) is 6.58 Å². The van der Waals surface area contributed by atoms with E-state index in [4.69, 9.17) is 24.7 Å². The molecule has 3 aliphatic rings. The molecule has 0 amide bonds. The number of ether oxygens (including phenoxy) is 4. The predicted molar refractivity (Wildman–Crippen MR) is 150 cm³/mol. The highest BCUT2D eigenvalue weighted by molar-refractivity contribution is 5.92. The Balaban J connectivity index is 2.09. The first-order valence-corrected chi connectivity index (χ1v) is 13.5. The van der Waals surface area contributed by atoms with Crippen molar-refractivity contribution in [2.24, 2.45) is 16.6 Å². The number of nitrogens with zero attached hydrogens (tertiary/aromatic N) is 1. The monoisotopic (exact) mass is 643 g/mol. The van der Waals surface area contributed by atoms with E-state index in [9.17, 15) is 50.4 Å². The number of carboxylic acids is 1. The Morgan fingerprint density at radius 1 is 1.24 bits per heavy atom. The molecule has 250 valence electrons. The number of methoxy groups -OCH3 is 1. The standard InChI is InChI=1S/C27H38N4O14/c1-4-15-23(45-24-20(35)27(40,41)19(34)17(11-33)44-24)43-12-16(22(38)42-3)26(15,39)6-5-13-9-31(7-8-32)10-14(21(36)37)18(13)30-25(28)29-2/h4-6,9,12,15,17,19-20,23-24,32-35,39-41H,1,7-8,10-11H2,2-3H3,(H,36,37)(H3,28,29,30)/p+1. The molecule has 0 aromatic carbocycles. The van der Waals surface area contributed by atoms with E-state index >= 15 is 0 Å². The number of rotatable bonds is 11. The summed E-state index contributed by atoms with van der Waals surface area (Å²) in [5, 5.41) is 84.7. The van der Waals surface area contributed by atoms with Crippen LogP contribution in [0, 0.1) is 5.92 Å². The zero-order valence-electron chi connectivity index (χ0n) is 24.4. The third-order valence-electron chi connectivity index (χ3n) is 7.51. The Kier molecular flexibility index (Phi) is 11.6. The van der Waals surface area contributed by atoms with Crippen molar-refractivity contribution in [2.45, 2.75) is 42.3 Å². The van der Waals surface area contributed by atoms with Crippen LogP contribution in [0.1, 0.15) is 0 Å². The summed E-state index contributed by atoms with van der Waals surface area (Å²) in [6.07, 6.45) is -3.77. The van der Waals surface area contributed by atoms with Gasteiger partial charge in [-0.1, -0.05) is 6.08 Å². The number of carbonyl (C=O) groups is 2. The van der Waals surface area contributed by atoms with Crippen molar-refractivity contribution in [1.82, 2.24) is 5.32 Å². The van der Waals surface area contributed by atoms with E-state index in [1.807, 2.05) is 0 Å². The van der Waals surface area contributed by atoms with Crippen LogP contribution in [0.5, 0.6) is 0 Å². The van der Waals surface area contributed by atoms with Gasteiger partial charge in [-0.25, -0.2) is 9.59 Å². The Labute approximate surface area is 256 Å². The molecule has 45 heavy (non-hydrogen) atoms. The van der Waals surface area contributed by atoms with Crippen molar-refractivity contribution in [1.29, 1.82) is 0 Å². The molecule has 3 aliphatic heterocycles. The maximum absolute atomic E-state index is 12.8. The van der Waals surface area contributed by atoms with Crippen LogP contribution in [0.2, 0.25) is 0 Å². The van der Waals surface area contributed by atoms with Crippen LogP contribution >= 0.6 is 0 Å². The van der Waals surface area contributed by atoms with E-state index < -0.39 is 72.3 Å². The summed E-state index contributed by atoms with van der Waals surface area (Å²) in [5.41, 5.74) is 3.04. The number of hydrogen-bond donors (Lipinski definition) is 11. The number of guanidine groups is 1. The molecule has 0 aromatic rings. The zero-order chi connectivity index (χ0) is 33.7. The van der Waals surface area contributed by atoms with Gasteiger partial charge < -0.3 is 75.8 Å². The summed E-state index contributed by atoms with van der Waals surface area (Å²) in [7, 11) is 2.42.